The van der Waals surface area contributed by atoms with Gasteiger partial charge in [-0.2, -0.15) is 0 Å². The van der Waals surface area contributed by atoms with Gasteiger partial charge in [-0.05, 0) is 79.9 Å². The molecule has 1 unspecified atom stereocenters. The molecule has 3 heterocycles. The molecule has 0 aliphatic carbocycles. The molecule has 4 aromatic rings. The molecule has 9 heteroatoms. The standard InChI is InChI=1S/C29H37N7O2/c1-7-29(4,5)36-27(31-32-33-36)26(22-18-21-20(3)16-19(2)17-23(21)30-28(22)37)35-14-12-34(13-15-35)24-10-8-9-11-25(24)38-6/h8-11,16-18,26H,7,12-15H2,1-6H3,(H,30,37). The van der Waals surface area contributed by atoms with Gasteiger partial charge in [0.25, 0.3) is 5.56 Å². The Kier molecular flexibility index (Phi) is 6.96. The summed E-state index contributed by atoms with van der Waals surface area (Å²) in [5.41, 5.74) is 4.44. The number of aromatic nitrogens is 5. The summed E-state index contributed by atoms with van der Waals surface area (Å²) in [6, 6.07) is 13.9. The number of nitrogens with one attached hydrogen (secondary N) is 1. The second kappa shape index (κ2) is 10.2. The van der Waals surface area contributed by atoms with Crippen molar-refractivity contribution in [3.8, 4) is 5.75 Å². The van der Waals surface area contributed by atoms with Gasteiger partial charge in [0.05, 0.1) is 18.3 Å². The highest BCUT2D eigenvalue weighted by atomic mass is 16.5. The first-order valence-corrected chi connectivity index (χ1v) is 13.3. The molecule has 1 fully saturated rings. The lowest BCUT2D eigenvalue weighted by atomic mass is 9.97. The second-order valence-corrected chi connectivity index (χ2v) is 10.8. The van der Waals surface area contributed by atoms with Crippen molar-refractivity contribution in [3.63, 3.8) is 0 Å². The van der Waals surface area contributed by atoms with Crippen molar-refractivity contribution in [1.82, 2.24) is 30.1 Å². The molecular formula is C29H37N7O2. The number of tetrazole rings is 1. The van der Waals surface area contributed by atoms with E-state index < -0.39 is 0 Å². The Morgan fingerprint density at radius 2 is 1.82 bits per heavy atom. The fourth-order valence-corrected chi connectivity index (χ4v) is 5.45. The maximum atomic E-state index is 13.6. The van der Waals surface area contributed by atoms with Gasteiger partial charge in [0.2, 0.25) is 0 Å². The van der Waals surface area contributed by atoms with Gasteiger partial charge in [-0.15, -0.1) is 5.10 Å². The summed E-state index contributed by atoms with van der Waals surface area (Å²) < 4.78 is 7.51. The topological polar surface area (TPSA) is 92.2 Å². The lowest BCUT2D eigenvalue weighted by Crippen LogP contribution is -2.49. The van der Waals surface area contributed by atoms with Crippen molar-refractivity contribution in [1.29, 1.82) is 0 Å². The van der Waals surface area contributed by atoms with Crippen LogP contribution < -0.4 is 15.2 Å². The molecule has 200 valence electrons. The van der Waals surface area contributed by atoms with E-state index >= 15 is 0 Å². The molecule has 0 spiro atoms. The van der Waals surface area contributed by atoms with Crippen molar-refractivity contribution >= 4 is 16.6 Å². The third-order valence-electron chi connectivity index (χ3n) is 7.92. The number of aromatic amines is 1. The first-order valence-electron chi connectivity index (χ1n) is 13.3. The summed E-state index contributed by atoms with van der Waals surface area (Å²) >= 11 is 0. The first kappa shape index (κ1) is 25.9. The minimum absolute atomic E-state index is 0.108. The Labute approximate surface area is 223 Å². The van der Waals surface area contributed by atoms with Gasteiger partial charge in [0, 0.05) is 42.6 Å². The molecule has 1 atom stereocenters. The van der Waals surface area contributed by atoms with Crippen LogP contribution in [0.15, 0.2) is 47.3 Å². The van der Waals surface area contributed by atoms with E-state index in [-0.39, 0.29) is 17.1 Å². The summed E-state index contributed by atoms with van der Waals surface area (Å²) in [5, 5.41) is 14.0. The predicted molar refractivity (Wildman–Crippen MR) is 150 cm³/mol. The van der Waals surface area contributed by atoms with E-state index in [1.165, 1.54) is 0 Å². The average Bonchev–Trinajstić information content (AvgIpc) is 3.40. The number of ether oxygens (including phenoxy) is 1. The zero-order chi connectivity index (χ0) is 27.0. The van der Waals surface area contributed by atoms with E-state index in [0.717, 1.165) is 66.1 Å². The molecular weight excluding hydrogens is 478 g/mol. The van der Waals surface area contributed by atoms with Crippen LogP contribution in [0.3, 0.4) is 0 Å². The number of hydrogen-bond donors (Lipinski definition) is 1. The van der Waals surface area contributed by atoms with Crippen LogP contribution in [0.5, 0.6) is 5.75 Å². The minimum Gasteiger partial charge on any atom is -0.495 e. The minimum atomic E-state index is -0.385. The fraction of sp³-hybridized carbons (Fsp3) is 0.448. The van der Waals surface area contributed by atoms with E-state index in [4.69, 9.17) is 4.74 Å². The van der Waals surface area contributed by atoms with Crippen LogP contribution in [0.2, 0.25) is 0 Å². The predicted octanol–water partition coefficient (Wildman–Crippen LogP) is 4.20. The Hall–Kier alpha value is -3.72. The number of piperazine rings is 1. The van der Waals surface area contributed by atoms with Crippen molar-refractivity contribution in [2.75, 3.05) is 38.2 Å². The largest absolute Gasteiger partial charge is 0.495 e. The molecule has 0 saturated carbocycles. The molecule has 0 radical (unpaired) electrons. The lowest BCUT2D eigenvalue weighted by Gasteiger charge is -2.40. The van der Waals surface area contributed by atoms with Crippen molar-refractivity contribution in [2.24, 2.45) is 0 Å². The molecule has 2 aromatic heterocycles. The van der Waals surface area contributed by atoms with E-state index in [1.54, 1.807) is 7.11 Å². The van der Waals surface area contributed by atoms with Gasteiger partial charge >= 0.3 is 0 Å². The summed E-state index contributed by atoms with van der Waals surface area (Å²) in [4.78, 5) is 21.5. The Morgan fingerprint density at radius 1 is 1.08 bits per heavy atom. The third kappa shape index (κ3) is 4.67. The fourth-order valence-electron chi connectivity index (χ4n) is 5.45. The number of H-pyrrole nitrogens is 1. The number of rotatable bonds is 7. The van der Waals surface area contributed by atoms with Gasteiger partial charge in [0.1, 0.15) is 11.8 Å². The summed E-state index contributed by atoms with van der Waals surface area (Å²) in [5.74, 6) is 1.56. The molecule has 2 aromatic carbocycles. The first-order chi connectivity index (χ1) is 18.2. The summed E-state index contributed by atoms with van der Waals surface area (Å²) in [6.45, 7) is 13.6. The SMILES string of the molecule is CCC(C)(C)n1nnnc1C(c1cc2c(C)cc(C)cc2[nH]c1=O)N1CCN(c2ccccc2OC)CC1. The van der Waals surface area contributed by atoms with Crippen LogP contribution in [0.4, 0.5) is 5.69 Å². The number of methoxy groups -OCH3 is 1. The van der Waals surface area contributed by atoms with Gasteiger partial charge in [-0.1, -0.05) is 25.1 Å². The number of pyridine rings is 1. The van der Waals surface area contributed by atoms with Gasteiger partial charge in [-0.25, -0.2) is 4.68 Å². The molecule has 5 rings (SSSR count). The van der Waals surface area contributed by atoms with Crippen LogP contribution >= 0.6 is 0 Å². The molecule has 1 aliphatic rings. The monoisotopic (exact) mass is 515 g/mol. The lowest BCUT2D eigenvalue weighted by molar-refractivity contribution is 0.186. The summed E-state index contributed by atoms with van der Waals surface area (Å²) in [7, 11) is 1.70. The van der Waals surface area contributed by atoms with E-state index in [9.17, 15) is 4.79 Å². The number of fused-ring (bicyclic) bond motifs is 1. The maximum absolute atomic E-state index is 13.6. The molecule has 38 heavy (non-hydrogen) atoms. The van der Waals surface area contributed by atoms with E-state index in [0.29, 0.717) is 11.4 Å². The smallest absolute Gasteiger partial charge is 0.253 e. The molecule has 0 amide bonds. The molecule has 9 nitrogen and oxygen atoms in total. The Balaban J connectivity index is 1.58. The molecule has 1 N–H and O–H groups in total. The van der Waals surface area contributed by atoms with Crippen LogP contribution in [-0.4, -0.2) is 63.4 Å². The van der Waals surface area contributed by atoms with Crippen LogP contribution in [-0.2, 0) is 5.54 Å². The Morgan fingerprint density at radius 3 is 2.53 bits per heavy atom. The van der Waals surface area contributed by atoms with Crippen molar-refractivity contribution in [3.05, 3.63) is 75.3 Å². The van der Waals surface area contributed by atoms with E-state index in [2.05, 4.69) is 70.1 Å². The van der Waals surface area contributed by atoms with Crippen molar-refractivity contribution < 1.29 is 4.74 Å². The molecule has 0 bridgehead atoms. The second-order valence-electron chi connectivity index (χ2n) is 10.8. The Bertz CT molecular complexity index is 1500. The zero-order valence-corrected chi connectivity index (χ0v) is 23.2. The number of para-hydroxylation sites is 2. The number of benzene rings is 2. The summed E-state index contributed by atoms with van der Waals surface area (Å²) in [6.07, 6.45) is 0.853. The third-order valence-corrected chi connectivity index (χ3v) is 7.92. The highest BCUT2D eigenvalue weighted by Crippen LogP contribution is 2.34. The molecule has 1 aliphatic heterocycles. The van der Waals surface area contributed by atoms with Gasteiger partial charge in [0.15, 0.2) is 5.82 Å². The maximum Gasteiger partial charge on any atom is 0.253 e. The van der Waals surface area contributed by atoms with E-state index in [1.807, 2.05) is 41.9 Å². The number of aryl methyl sites for hydroxylation is 2. The van der Waals surface area contributed by atoms with Crippen LogP contribution in [0.1, 0.15) is 55.7 Å². The number of hydrogen-bond acceptors (Lipinski definition) is 7. The van der Waals surface area contributed by atoms with Gasteiger partial charge < -0.3 is 14.6 Å². The highest BCUT2D eigenvalue weighted by molar-refractivity contribution is 5.83. The average molecular weight is 516 g/mol. The molecule has 1 saturated heterocycles. The quantitative estimate of drug-likeness (QED) is 0.394. The normalized spacial score (nSPS) is 15.7. The zero-order valence-electron chi connectivity index (χ0n) is 23.2. The van der Waals surface area contributed by atoms with Crippen LogP contribution in [0.25, 0.3) is 10.9 Å². The number of anilines is 1. The van der Waals surface area contributed by atoms with Crippen LogP contribution in [0, 0.1) is 13.8 Å². The number of nitrogens with zero attached hydrogens (tertiary/aromatic N) is 6. The highest BCUT2D eigenvalue weighted by Gasteiger charge is 2.36. The van der Waals surface area contributed by atoms with Crippen molar-refractivity contribution in [2.45, 2.75) is 52.6 Å². The van der Waals surface area contributed by atoms with Gasteiger partial charge in [-0.3, -0.25) is 9.69 Å².